The normalized spacial score (nSPS) is 18.5. The molecule has 2 N–H and O–H groups in total. The first-order valence-corrected chi connectivity index (χ1v) is 7.47. The molecule has 0 aliphatic carbocycles. The molecule has 1 heterocycles. The molecule has 0 radical (unpaired) electrons. The van der Waals surface area contributed by atoms with E-state index in [1.165, 1.54) is 0 Å². The van der Waals surface area contributed by atoms with Gasteiger partial charge in [-0.1, -0.05) is 23.8 Å². The lowest BCUT2D eigenvalue weighted by molar-refractivity contribution is -0.128. The van der Waals surface area contributed by atoms with Crippen molar-refractivity contribution in [2.24, 2.45) is 0 Å². The van der Waals surface area contributed by atoms with Crippen LogP contribution in [0.1, 0.15) is 25.3 Å². The number of hydrogen-bond acceptors (Lipinski definition) is 3. The summed E-state index contributed by atoms with van der Waals surface area (Å²) in [4.78, 5) is 23.6. The number of carbonyl (C=O) groups is 2. The average Bonchev–Trinajstić information content (AvgIpc) is 2.50. The van der Waals surface area contributed by atoms with E-state index in [4.69, 9.17) is 4.74 Å². The van der Waals surface area contributed by atoms with Crippen molar-refractivity contribution in [1.29, 1.82) is 0 Å². The van der Waals surface area contributed by atoms with Crippen LogP contribution in [0.5, 0.6) is 5.75 Å². The van der Waals surface area contributed by atoms with E-state index in [1.54, 1.807) is 13.2 Å². The molecule has 1 aliphatic rings. The average molecular weight is 302 g/mol. The Morgan fingerprint density at radius 1 is 1.45 bits per heavy atom. The first kappa shape index (κ1) is 16.1. The molecule has 0 spiro atoms. The molecule has 2 amide bonds. The van der Waals surface area contributed by atoms with Crippen LogP contribution in [0.15, 0.2) is 35.9 Å². The van der Waals surface area contributed by atoms with Gasteiger partial charge in [-0.2, -0.15) is 0 Å². The molecular weight excluding hydrogens is 280 g/mol. The number of carbonyl (C=O) groups excluding carboxylic acids is 2. The second kappa shape index (κ2) is 7.64. The van der Waals surface area contributed by atoms with E-state index >= 15 is 0 Å². The van der Waals surface area contributed by atoms with Gasteiger partial charge in [0.2, 0.25) is 11.8 Å². The maximum Gasteiger partial charge on any atom is 0.244 e. The Bertz CT molecular complexity index is 581. The zero-order valence-electron chi connectivity index (χ0n) is 13.0. The van der Waals surface area contributed by atoms with Crippen molar-refractivity contribution in [3.8, 4) is 5.75 Å². The van der Waals surface area contributed by atoms with E-state index in [2.05, 4.69) is 10.6 Å². The molecule has 1 aromatic carbocycles. The second-order valence-electron chi connectivity index (χ2n) is 5.47. The summed E-state index contributed by atoms with van der Waals surface area (Å²) in [6.45, 7) is 2.58. The first-order valence-electron chi connectivity index (χ1n) is 7.47. The van der Waals surface area contributed by atoms with Crippen LogP contribution >= 0.6 is 0 Å². The van der Waals surface area contributed by atoms with Gasteiger partial charge in [-0.15, -0.1) is 0 Å². The van der Waals surface area contributed by atoms with Crippen molar-refractivity contribution in [3.63, 3.8) is 0 Å². The van der Waals surface area contributed by atoms with Crippen molar-refractivity contribution >= 4 is 11.8 Å². The second-order valence-corrected chi connectivity index (χ2v) is 5.47. The van der Waals surface area contributed by atoms with E-state index < -0.39 is 6.04 Å². The summed E-state index contributed by atoms with van der Waals surface area (Å²) >= 11 is 0. The van der Waals surface area contributed by atoms with Crippen LogP contribution in [0.2, 0.25) is 0 Å². The number of hydrogen-bond donors (Lipinski definition) is 2. The summed E-state index contributed by atoms with van der Waals surface area (Å²) < 4.78 is 5.31. The van der Waals surface area contributed by atoms with E-state index in [0.717, 1.165) is 23.3 Å². The van der Waals surface area contributed by atoms with Gasteiger partial charge >= 0.3 is 0 Å². The van der Waals surface area contributed by atoms with E-state index in [1.807, 2.05) is 31.2 Å². The minimum atomic E-state index is -0.420. The molecule has 0 unspecified atom stereocenters. The van der Waals surface area contributed by atoms with E-state index in [9.17, 15) is 9.59 Å². The molecule has 1 aliphatic heterocycles. The monoisotopic (exact) mass is 302 g/mol. The number of nitrogens with one attached hydrogen (secondary N) is 2. The van der Waals surface area contributed by atoms with Gasteiger partial charge in [0, 0.05) is 12.6 Å². The molecule has 1 aromatic rings. The zero-order chi connectivity index (χ0) is 15.9. The van der Waals surface area contributed by atoms with Crippen LogP contribution in [0.4, 0.5) is 0 Å². The summed E-state index contributed by atoms with van der Waals surface area (Å²) in [5, 5.41) is 5.51. The predicted molar refractivity (Wildman–Crippen MR) is 84.6 cm³/mol. The SMILES string of the molecule is COc1ccccc1C/C(C)=C/C(=O)N[C@H]1CCCNC1=O. The third-order valence-corrected chi connectivity index (χ3v) is 3.64. The third kappa shape index (κ3) is 4.35. The Balaban J connectivity index is 1.96. The summed E-state index contributed by atoms with van der Waals surface area (Å²) in [6, 6.07) is 7.31. The van der Waals surface area contributed by atoms with Crippen molar-refractivity contribution < 1.29 is 14.3 Å². The van der Waals surface area contributed by atoms with Crippen LogP contribution in [0, 0.1) is 0 Å². The van der Waals surface area contributed by atoms with Gasteiger partial charge in [0.1, 0.15) is 11.8 Å². The van der Waals surface area contributed by atoms with Gasteiger partial charge in [0.25, 0.3) is 0 Å². The minimum Gasteiger partial charge on any atom is -0.496 e. The Labute approximate surface area is 130 Å². The molecule has 118 valence electrons. The lowest BCUT2D eigenvalue weighted by Gasteiger charge is -2.22. The molecule has 5 heteroatoms. The topological polar surface area (TPSA) is 67.4 Å². The summed E-state index contributed by atoms with van der Waals surface area (Å²) in [7, 11) is 1.63. The summed E-state index contributed by atoms with van der Waals surface area (Å²) in [5.74, 6) is 0.479. The van der Waals surface area contributed by atoms with Gasteiger partial charge in [-0.05, 0) is 37.8 Å². The van der Waals surface area contributed by atoms with Crippen LogP contribution < -0.4 is 15.4 Å². The molecular formula is C17H22N2O3. The first-order chi connectivity index (χ1) is 10.6. The Hall–Kier alpha value is -2.30. The highest BCUT2D eigenvalue weighted by molar-refractivity contribution is 5.93. The highest BCUT2D eigenvalue weighted by Crippen LogP contribution is 2.20. The Morgan fingerprint density at radius 3 is 2.95 bits per heavy atom. The molecule has 1 fully saturated rings. The lowest BCUT2D eigenvalue weighted by Crippen LogP contribution is -2.49. The Kier molecular flexibility index (Phi) is 5.58. The molecule has 22 heavy (non-hydrogen) atoms. The summed E-state index contributed by atoms with van der Waals surface area (Å²) in [5.41, 5.74) is 1.94. The number of piperidine rings is 1. The highest BCUT2D eigenvalue weighted by atomic mass is 16.5. The standard InChI is InChI=1S/C17H22N2O3/c1-12(10-13-6-3-4-8-15(13)22-2)11-16(20)19-14-7-5-9-18-17(14)21/h3-4,6,8,11,14H,5,7,9-10H2,1-2H3,(H,18,21)(H,19,20)/b12-11+/t14-/m0/s1. The number of allylic oxidation sites excluding steroid dienone is 1. The lowest BCUT2D eigenvalue weighted by atomic mass is 10.0. The fourth-order valence-electron chi connectivity index (χ4n) is 2.55. The molecule has 0 aromatic heterocycles. The van der Waals surface area contributed by atoms with Crippen molar-refractivity contribution in [3.05, 3.63) is 41.5 Å². The maximum absolute atomic E-state index is 12.0. The van der Waals surface area contributed by atoms with Crippen molar-refractivity contribution in [1.82, 2.24) is 10.6 Å². The molecule has 5 nitrogen and oxygen atoms in total. The molecule has 1 atom stereocenters. The smallest absolute Gasteiger partial charge is 0.244 e. The number of para-hydroxylation sites is 1. The van der Waals surface area contributed by atoms with Gasteiger partial charge in [-0.25, -0.2) is 0 Å². The fraction of sp³-hybridized carbons (Fsp3) is 0.412. The predicted octanol–water partition coefficient (Wildman–Crippen LogP) is 1.58. The number of benzene rings is 1. The Morgan fingerprint density at radius 2 is 2.23 bits per heavy atom. The van der Waals surface area contributed by atoms with Gasteiger partial charge in [0.05, 0.1) is 7.11 Å². The quantitative estimate of drug-likeness (QED) is 0.812. The van der Waals surface area contributed by atoms with Gasteiger partial charge < -0.3 is 15.4 Å². The number of ether oxygens (including phenoxy) is 1. The van der Waals surface area contributed by atoms with E-state index in [-0.39, 0.29) is 11.8 Å². The zero-order valence-corrected chi connectivity index (χ0v) is 13.0. The number of rotatable bonds is 5. The van der Waals surface area contributed by atoms with Crippen LogP contribution in [0.25, 0.3) is 0 Å². The maximum atomic E-state index is 12.0. The number of methoxy groups -OCH3 is 1. The number of amides is 2. The highest BCUT2D eigenvalue weighted by Gasteiger charge is 2.22. The van der Waals surface area contributed by atoms with Crippen LogP contribution in [-0.4, -0.2) is 31.5 Å². The van der Waals surface area contributed by atoms with Crippen LogP contribution in [0.3, 0.4) is 0 Å². The minimum absolute atomic E-state index is 0.101. The van der Waals surface area contributed by atoms with Gasteiger partial charge in [0.15, 0.2) is 0 Å². The van der Waals surface area contributed by atoms with Crippen molar-refractivity contribution in [2.45, 2.75) is 32.2 Å². The van der Waals surface area contributed by atoms with E-state index in [0.29, 0.717) is 19.4 Å². The fourth-order valence-corrected chi connectivity index (χ4v) is 2.55. The van der Waals surface area contributed by atoms with Gasteiger partial charge in [-0.3, -0.25) is 9.59 Å². The van der Waals surface area contributed by atoms with Crippen molar-refractivity contribution in [2.75, 3.05) is 13.7 Å². The van der Waals surface area contributed by atoms with Crippen LogP contribution in [-0.2, 0) is 16.0 Å². The molecule has 2 rings (SSSR count). The molecule has 1 saturated heterocycles. The largest absolute Gasteiger partial charge is 0.496 e. The molecule has 0 saturated carbocycles. The third-order valence-electron chi connectivity index (χ3n) is 3.64. The molecule has 0 bridgehead atoms. The summed E-state index contributed by atoms with van der Waals surface area (Å²) in [6.07, 6.45) is 3.76.